The maximum absolute atomic E-state index is 10.7. The summed E-state index contributed by atoms with van der Waals surface area (Å²) in [6.07, 6.45) is 5.44. The number of fused-ring (bicyclic) bond motifs is 1. The number of benzene rings is 2. The van der Waals surface area contributed by atoms with Crippen molar-refractivity contribution in [2.24, 2.45) is 11.3 Å². The van der Waals surface area contributed by atoms with Crippen LogP contribution in [0.15, 0.2) is 36.4 Å². The Balaban J connectivity index is 1.51. The predicted molar refractivity (Wildman–Crippen MR) is 123 cm³/mol. The Hall–Kier alpha value is -1.63. The topological polar surface area (TPSA) is 75.6 Å². The Kier molecular flexibility index (Phi) is 7.43. The highest BCUT2D eigenvalue weighted by Gasteiger charge is 2.30. The van der Waals surface area contributed by atoms with Crippen LogP contribution in [-0.2, 0) is 16.7 Å². The Morgan fingerprint density at radius 2 is 1.70 bits per heavy atom. The number of nitrogens with one attached hydrogen (secondary N) is 1. The summed E-state index contributed by atoms with van der Waals surface area (Å²) in [7, 11) is -3.87. The van der Waals surface area contributed by atoms with Gasteiger partial charge in [-0.05, 0) is 84.5 Å². The van der Waals surface area contributed by atoms with Gasteiger partial charge in [0.05, 0.1) is 11.9 Å². The first-order chi connectivity index (χ1) is 14.1. The van der Waals surface area contributed by atoms with Gasteiger partial charge in [-0.2, -0.15) is 8.42 Å². The molecular weight excluding hydrogens is 398 g/mol. The zero-order chi connectivity index (χ0) is 21.8. The molecule has 0 aromatic heterocycles. The van der Waals surface area contributed by atoms with Crippen molar-refractivity contribution in [1.29, 1.82) is 0 Å². The highest BCUT2D eigenvalue weighted by molar-refractivity contribution is 7.85. The first-order valence-corrected chi connectivity index (χ1v) is 12.6. The molecule has 0 atom stereocenters. The Labute approximate surface area is 181 Å². The van der Waals surface area contributed by atoms with E-state index in [1.165, 1.54) is 12.8 Å². The number of hydrogen-bond acceptors (Lipinski definition) is 4. The normalized spacial score (nSPS) is 20.4. The maximum Gasteiger partial charge on any atom is 0.264 e. The van der Waals surface area contributed by atoms with Crippen LogP contribution >= 0.6 is 0 Å². The minimum atomic E-state index is -3.87. The Bertz CT molecular complexity index is 941. The van der Waals surface area contributed by atoms with Crippen molar-refractivity contribution in [2.45, 2.75) is 65.5 Å². The fraction of sp³-hybridized carbons (Fsp3) is 0.583. The summed E-state index contributed by atoms with van der Waals surface area (Å²) < 4.78 is 36.5. The van der Waals surface area contributed by atoms with E-state index < -0.39 is 10.1 Å². The second-order valence-electron chi connectivity index (χ2n) is 9.62. The average Bonchev–Trinajstić information content (AvgIpc) is 2.66. The van der Waals surface area contributed by atoms with Crippen LogP contribution in [0.4, 0.5) is 0 Å². The molecule has 0 heterocycles. The molecule has 0 radical (unpaired) electrons. The second kappa shape index (κ2) is 9.67. The van der Waals surface area contributed by atoms with E-state index in [9.17, 15) is 8.42 Å². The van der Waals surface area contributed by atoms with E-state index in [1.807, 2.05) is 0 Å². The first-order valence-electron chi connectivity index (χ1n) is 11.0. The second-order valence-corrected chi connectivity index (χ2v) is 11.2. The molecule has 3 rings (SSSR count). The Morgan fingerprint density at radius 3 is 2.37 bits per heavy atom. The summed E-state index contributed by atoms with van der Waals surface area (Å²) in [6.45, 7) is 8.22. The van der Waals surface area contributed by atoms with Crippen molar-refractivity contribution < 1.29 is 17.7 Å². The highest BCUT2D eigenvalue weighted by atomic mass is 32.2. The molecule has 5 nitrogen and oxygen atoms in total. The van der Waals surface area contributed by atoms with Gasteiger partial charge in [0.1, 0.15) is 5.75 Å². The lowest BCUT2D eigenvalue weighted by Crippen LogP contribution is -2.30. The number of hydrogen-bond donors (Lipinski definition) is 2. The van der Waals surface area contributed by atoms with Crippen molar-refractivity contribution >= 4 is 20.9 Å². The van der Waals surface area contributed by atoms with Gasteiger partial charge in [0, 0.05) is 6.54 Å². The van der Waals surface area contributed by atoms with Gasteiger partial charge in [-0.1, -0.05) is 39.0 Å². The van der Waals surface area contributed by atoms with Gasteiger partial charge >= 0.3 is 0 Å². The molecule has 6 heteroatoms. The first kappa shape index (κ1) is 23.0. The third-order valence-electron chi connectivity index (χ3n) is 6.16. The molecule has 0 saturated heterocycles. The molecule has 2 aromatic carbocycles. The van der Waals surface area contributed by atoms with Crippen LogP contribution in [-0.4, -0.2) is 31.4 Å². The lowest BCUT2D eigenvalue weighted by molar-refractivity contribution is 0.0883. The summed E-state index contributed by atoms with van der Waals surface area (Å²) >= 11 is 0. The van der Waals surface area contributed by atoms with Crippen molar-refractivity contribution in [3.05, 3.63) is 42.0 Å². The molecule has 1 fully saturated rings. The molecular formula is C24H35NO4S. The smallest absolute Gasteiger partial charge is 0.264 e. The van der Waals surface area contributed by atoms with Gasteiger partial charge in [0.15, 0.2) is 0 Å². The molecule has 1 aliphatic carbocycles. The van der Waals surface area contributed by atoms with Gasteiger partial charge in [-0.15, -0.1) is 0 Å². The fourth-order valence-electron chi connectivity index (χ4n) is 4.31. The third kappa shape index (κ3) is 6.96. The van der Waals surface area contributed by atoms with Gasteiger partial charge < -0.3 is 10.1 Å². The van der Waals surface area contributed by atoms with Crippen LogP contribution in [0.1, 0.15) is 58.4 Å². The molecule has 0 amide bonds. The molecule has 2 N–H and O–H groups in total. The van der Waals surface area contributed by atoms with E-state index in [-0.39, 0.29) is 5.75 Å². The van der Waals surface area contributed by atoms with Crippen molar-refractivity contribution in [3.8, 4) is 5.75 Å². The minimum absolute atomic E-state index is 0.210. The molecule has 0 spiro atoms. The highest BCUT2D eigenvalue weighted by Crippen LogP contribution is 2.39. The quantitative estimate of drug-likeness (QED) is 0.442. The van der Waals surface area contributed by atoms with Crippen LogP contribution in [0.5, 0.6) is 5.75 Å². The minimum Gasteiger partial charge on any atom is -0.490 e. The number of ether oxygens (including phenoxy) is 1. The largest absolute Gasteiger partial charge is 0.490 e. The summed E-state index contributed by atoms with van der Waals surface area (Å²) in [5.74, 6) is 1.52. The third-order valence-corrected chi connectivity index (χ3v) is 6.97. The summed E-state index contributed by atoms with van der Waals surface area (Å²) in [5.41, 5.74) is 1.53. The van der Waals surface area contributed by atoms with Crippen LogP contribution < -0.4 is 10.1 Å². The summed E-state index contributed by atoms with van der Waals surface area (Å²) in [4.78, 5) is 0. The zero-order valence-corrected chi connectivity index (χ0v) is 19.2. The molecule has 166 valence electrons. The van der Waals surface area contributed by atoms with Crippen LogP contribution in [0.25, 0.3) is 10.8 Å². The van der Waals surface area contributed by atoms with Crippen LogP contribution in [0.2, 0.25) is 0 Å². The molecule has 30 heavy (non-hydrogen) atoms. The van der Waals surface area contributed by atoms with Crippen LogP contribution in [0.3, 0.4) is 0 Å². The lowest BCUT2D eigenvalue weighted by Gasteiger charge is -2.37. The van der Waals surface area contributed by atoms with Crippen molar-refractivity contribution in [3.63, 3.8) is 0 Å². The van der Waals surface area contributed by atoms with Crippen LogP contribution in [0, 0.1) is 11.3 Å². The number of rotatable bonds is 8. The fourth-order valence-corrected chi connectivity index (χ4v) is 4.82. The lowest BCUT2D eigenvalue weighted by atomic mass is 9.72. The molecule has 0 aliphatic heterocycles. The zero-order valence-electron chi connectivity index (χ0n) is 18.4. The summed E-state index contributed by atoms with van der Waals surface area (Å²) in [5, 5.41) is 5.54. The Morgan fingerprint density at radius 1 is 1.03 bits per heavy atom. The van der Waals surface area contributed by atoms with E-state index in [0.29, 0.717) is 31.0 Å². The van der Waals surface area contributed by atoms with E-state index in [1.54, 1.807) is 0 Å². The molecule has 1 aliphatic rings. The van der Waals surface area contributed by atoms with E-state index in [2.05, 4.69) is 62.5 Å². The molecule has 1 saturated carbocycles. The standard InChI is InChI=1S/C24H35NO4S/c1-24(2,3)21-8-11-22(12-9-21)29-23-10-7-19-15-18(5-6-20(19)16-23)17-25-13-4-14-30(26,27)28/h5-7,10,15-16,21-22,25H,4,8-9,11-14,17H2,1-3H3,(H,26,27,28). The average molecular weight is 434 g/mol. The predicted octanol–water partition coefficient (Wildman–Crippen LogP) is 5.19. The monoisotopic (exact) mass is 433 g/mol. The molecule has 2 aromatic rings. The van der Waals surface area contributed by atoms with Crippen molar-refractivity contribution in [1.82, 2.24) is 5.32 Å². The molecule has 0 unspecified atom stereocenters. The van der Waals surface area contributed by atoms with Gasteiger partial charge in [-0.25, -0.2) is 0 Å². The van der Waals surface area contributed by atoms with Crippen molar-refractivity contribution in [2.75, 3.05) is 12.3 Å². The summed E-state index contributed by atoms with van der Waals surface area (Å²) in [6, 6.07) is 12.6. The van der Waals surface area contributed by atoms with Gasteiger partial charge in [0.25, 0.3) is 10.1 Å². The maximum atomic E-state index is 10.7. The SMILES string of the molecule is CC(C)(C)C1CCC(Oc2ccc3cc(CNCCCS(=O)(=O)O)ccc3c2)CC1. The van der Waals surface area contributed by atoms with Gasteiger partial charge in [-0.3, -0.25) is 4.55 Å². The molecule has 0 bridgehead atoms. The van der Waals surface area contributed by atoms with E-state index in [0.717, 1.165) is 40.8 Å². The van der Waals surface area contributed by atoms with Gasteiger partial charge in [0.2, 0.25) is 0 Å². The van der Waals surface area contributed by atoms with E-state index in [4.69, 9.17) is 9.29 Å². The van der Waals surface area contributed by atoms with E-state index >= 15 is 0 Å².